The molecule has 1 aromatic heterocycles. The van der Waals surface area contributed by atoms with Crippen LogP contribution in [0.5, 0.6) is 0 Å². The van der Waals surface area contributed by atoms with Crippen molar-refractivity contribution in [1.82, 2.24) is 9.55 Å². The van der Waals surface area contributed by atoms with E-state index in [-0.39, 0.29) is 11.3 Å². The van der Waals surface area contributed by atoms with E-state index in [0.717, 1.165) is 29.5 Å². The van der Waals surface area contributed by atoms with Gasteiger partial charge in [0.15, 0.2) is 10.9 Å². The molecule has 0 unspecified atom stereocenters. The van der Waals surface area contributed by atoms with E-state index in [9.17, 15) is 22.4 Å². The van der Waals surface area contributed by atoms with Crippen LogP contribution in [0.2, 0.25) is 0 Å². The van der Waals surface area contributed by atoms with Crippen LogP contribution in [0.1, 0.15) is 28.4 Å². The van der Waals surface area contributed by atoms with Crippen LogP contribution < -0.4 is 0 Å². The first-order valence-corrected chi connectivity index (χ1v) is 10.7. The van der Waals surface area contributed by atoms with Crippen LogP contribution in [0, 0.1) is 5.82 Å². The summed E-state index contributed by atoms with van der Waals surface area (Å²) in [5, 5.41) is -0.139. The Morgan fingerprint density at radius 3 is 2.38 bits per heavy atom. The Hall–Kier alpha value is -3.13. The second-order valence-electron chi connectivity index (χ2n) is 7.30. The summed E-state index contributed by atoms with van der Waals surface area (Å²) in [6.07, 6.45) is -4.48. The van der Waals surface area contributed by atoms with Crippen LogP contribution >= 0.6 is 11.8 Å². The van der Waals surface area contributed by atoms with Crippen molar-refractivity contribution < 1.29 is 22.4 Å². The van der Waals surface area contributed by atoms with Crippen molar-refractivity contribution in [1.29, 1.82) is 0 Å². The van der Waals surface area contributed by atoms with Crippen LogP contribution in [0.15, 0.2) is 78.0 Å². The van der Waals surface area contributed by atoms with Crippen LogP contribution in [0.25, 0.3) is 11.0 Å². The van der Waals surface area contributed by atoms with Crippen LogP contribution in [-0.2, 0) is 12.7 Å². The first-order chi connectivity index (χ1) is 15.2. The molecule has 1 heterocycles. The number of benzene rings is 3. The fourth-order valence-corrected chi connectivity index (χ4v) is 4.35. The third-order valence-corrected chi connectivity index (χ3v) is 6.09. The fourth-order valence-electron chi connectivity index (χ4n) is 3.35. The Balaban J connectivity index is 1.71. The normalized spacial score (nSPS) is 12.8. The highest BCUT2D eigenvalue weighted by Crippen LogP contribution is 2.34. The number of aromatic nitrogens is 2. The average Bonchev–Trinajstić information content (AvgIpc) is 3.10. The van der Waals surface area contributed by atoms with E-state index in [1.54, 1.807) is 6.92 Å². The predicted molar refractivity (Wildman–Crippen MR) is 116 cm³/mol. The summed E-state index contributed by atoms with van der Waals surface area (Å²) in [5.74, 6) is -0.656. The Morgan fingerprint density at radius 1 is 1.03 bits per heavy atom. The molecule has 0 bridgehead atoms. The number of ketones is 1. The van der Waals surface area contributed by atoms with Gasteiger partial charge in [0.1, 0.15) is 5.82 Å². The van der Waals surface area contributed by atoms with Gasteiger partial charge in [0.05, 0.1) is 28.4 Å². The van der Waals surface area contributed by atoms with Gasteiger partial charge in [0.25, 0.3) is 0 Å². The van der Waals surface area contributed by atoms with Gasteiger partial charge in [-0.1, -0.05) is 42.1 Å². The molecular weight excluding hydrogens is 440 g/mol. The quantitative estimate of drug-likeness (QED) is 0.185. The molecule has 3 nitrogen and oxygen atoms in total. The molecule has 0 aliphatic rings. The SMILES string of the molecule is C[C@H](Sc1nc2cc(C(F)(F)F)ccc2n1Cc1ccccc1)C(=O)c1ccc(F)cc1. The molecule has 0 fully saturated rings. The van der Waals surface area contributed by atoms with Crippen molar-refractivity contribution >= 4 is 28.6 Å². The van der Waals surface area contributed by atoms with Crippen molar-refractivity contribution in [2.45, 2.75) is 30.1 Å². The maximum Gasteiger partial charge on any atom is 0.416 e. The number of hydrogen-bond donors (Lipinski definition) is 0. The standard InChI is InChI=1S/C24H18F4N2OS/c1-15(22(31)17-7-10-19(25)11-8-17)32-23-29-20-13-18(24(26,27)28)9-12-21(20)30(23)14-16-5-3-2-4-6-16/h2-13,15H,14H2,1H3/t15-/m0/s1. The summed E-state index contributed by atoms with van der Waals surface area (Å²) in [4.78, 5) is 17.2. The van der Waals surface area contributed by atoms with Crippen LogP contribution in [0.3, 0.4) is 0 Å². The zero-order chi connectivity index (χ0) is 22.9. The van der Waals surface area contributed by atoms with Crippen molar-refractivity contribution in [3.05, 3.63) is 95.3 Å². The molecule has 4 rings (SSSR count). The van der Waals surface area contributed by atoms with Crippen molar-refractivity contribution in [3.8, 4) is 0 Å². The molecule has 32 heavy (non-hydrogen) atoms. The molecule has 4 aromatic rings. The lowest BCUT2D eigenvalue weighted by molar-refractivity contribution is -0.137. The Kier molecular flexibility index (Phi) is 6.06. The Morgan fingerprint density at radius 2 is 1.72 bits per heavy atom. The van der Waals surface area contributed by atoms with Crippen molar-refractivity contribution in [2.24, 2.45) is 0 Å². The monoisotopic (exact) mass is 458 g/mol. The van der Waals surface area contributed by atoms with E-state index in [2.05, 4.69) is 4.98 Å². The summed E-state index contributed by atoms with van der Waals surface area (Å²) in [6, 6.07) is 18.2. The minimum Gasteiger partial charge on any atom is -0.314 e. The number of thioether (sulfide) groups is 1. The maximum atomic E-state index is 13.2. The first-order valence-electron chi connectivity index (χ1n) is 9.80. The van der Waals surface area contributed by atoms with Crippen LogP contribution in [-0.4, -0.2) is 20.6 Å². The summed E-state index contributed by atoms with van der Waals surface area (Å²) in [6.45, 7) is 2.09. The van der Waals surface area contributed by atoms with Gasteiger partial charge in [0.2, 0.25) is 0 Å². The van der Waals surface area contributed by atoms with Gasteiger partial charge < -0.3 is 4.57 Å². The molecule has 0 spiro atoms. The topological polar surface area (TPSA) is 34.9 Å². The minimum atomic E-state index is -4.48. The fraction of sp³-hybridized carbons (Fsp3) is 0.167. The van der Waals surface area contributed by atoms with Gasteiger partial charge in [-0.2, -0.15) is 13.2 Å². The molecule has 0 N–H and O–H groups in total. The summed E-state index contributed by atoms with van der Waals surface area (Å²) in [7, 11) is 0. The number of rotatable bonds is 6. The number of hydrogen-bond acceptors (Lipinski definition) is 3. The average molecular weight is 458 g/mol. The highest BCUT2D eigenvalue weighted by atomic mass is 32.2. The third-order valence-electron chi connectivity index (χ3n) is 5.00. The van der Waals surface area contributed by atoms with Gasteiger partial charge in [-0.15, -0.1) is 0 Å². The van der Waals surface area contributed by atoms with E-state index >= 15 is 0 Å². The Bertz CT molecular complexity index is 1250. The van der Waals surface area contributed by atoms with Gasteiger partial charge >= 0.3 is 6.18 Å². The smallest absolute Gasteiger partial charge is 0.314 e. The lowest BCUT2D eigenvalue weighted by Gasteiger charge is -2.13. The predicted octanol–water partition coefficient (Wildman–Crippen LogP) is 6.61. The summed E-state index contributed by atoms with van der Waals surface area (Å²) in [5.41, 5.74) is 1.29. The summed E-state index contributed by atoms with van der Waals surface area (Å²) < 4.78 is 54.6. The van der Waals surface area contributed by atoms with E-state index in [1.165, 1.54) is 30.3 Å². The number of carbonyl (C=O) groups is 1. The van der Waals surface area contributed by atoms with Gasteiger partial charge in [-0.05, 0) is 55.0 Å². The van der Waals surface area contributed by atoms with E-state index in [1.807, 2.05) is 34.9 Å². The number of fused-ring (bicyclic) bond motifs is 1. The molecule has 0 radical (unpaired) electrons. The highest BCUT2D eigenvalue weighted by molar-refractivity contribution is 8.00. The molecular formula is C24H18F4N2OS. The van der Waals surface area contributed by atoms with Crippen molar-refractivity contribution in [3.63, 3.8) is 0 Å². The number of nitrogens with zero attached hydrogens (tertiary/aromatic N) is 2. The lowest BCUT2D eigenvalue weighted by Crippen LogP contribution is -2.15. The third kappa shape index (κ3) is 4.70. The number of halogens is 4. The molecule has 0 aliphatic heterocycles. The van der Waals surface area contributed by atoms with Gasteiger partial charge in [-0.3, -0.25) is 4.79 Å². The second kappa shape index (κ2) is 8.78. The number of Topliss-reactive ketones (excluding diaryl/α,β-unsaturated/α-hetero) is 1. The van der Waals surface area contributed by atoms with Gasteiger partial charge in [0, 0.05) is 5.56 Å². The molecule has 0 aliphatic carbocycles. The number of imidazole rings is 1. The molecule has 0 saturated carbocycles. The van der Waals surface area contributed by atoms with E-state index in [0.29, 0.717) is 22.8 Å². The molecule has 164 valence electrons. The minimum absolute atomic E-state index is 0.208. The zero-order valence-corrected chi connectivity index (χ0v) is 17.8. The lowest BCUT2D eigenvalue weighted by atomic mass is 10.1. The van der Waals surface area contributed by atoms with Gasteiger partial charge in [-0.25, -0.2) is 9.37 Å². The molecule has 8 heteroatoms. The number of carbonyl (C=O) groups excluding carboxylic acids is 1. The molecule has 0 saturated heterocycles. The zero-order valence-electron chi connectivity index (χ0n) is 16.9. The highest BCUT2D eigenvalue weighted by Gasteiger charge is 2.31. The molecule has 3 aromatic carbocycles. The molecule has 0 amide bonds. The largest absolute Gasteiger partial charge is 0.416 e. The Labute approximate surface area is 186 Å². The second-order valence-corrected chi connectivity index (χ2v) is 8.61. The maximum absolute atomic E-state index is 13.2. The summed E-state index contributed by atoms with van der Waals surface area (Å²) >= 11 is 1.16. The van der Waals surface area contributed by atoms with Crippen LogP contribution in [0.4, 0.5) is 17.6 Å². The molecule has 1 atom stereocenters. The van der Waals surface area contributed by atoms with E-state index in [4.69, 9.17) is 0 Å². The number of alkyl halides is 3. The first kappa shape index (κ1) is 22.1. The van der Waals surface area contributed by atoms with Crippen molar-refractivity contribution in [2.75, 3.05) is 0 Å². The van der Waals surface area contributed by atoms with E-state index < -0.39 is 22.8 Å².